The van der Waals surface area contributed by atoms with Gasteiger partial charge in [0.15, 0.2) is 11.5 Å². The highest BCUT2D eigenvalue weighted by Gasteiger charge is 2.17. The third-order valence-electron chi connectivity index (χ3n) is 4.26. The molecule has 2 aromatic carbocycles. The molecule has 1 N–H and O–H groups in total. The van der Waals surface area contributed by atoms with Gasteiger partial charge in [-0.25, -0.2) is 0 Å². The van der Waals surface area contributed by atoms with Crippen LogP contribution in [0.5, 0.6) is 17.2 Å². The monoisotopic (exact) mass is 341 g/mol. The van der Waals surface area contributed by atoms with Crippen molar-refractivity contribution in [2.75, 3.05) is 21.3 Å². The van der Waals surface area contributed by atoms with E-state index in [0.717, 1.165) is 22.3 Å². The summed E-state index contributed by atoms with van der Waals surface area (Å²) in [5, 5.41) is 4.58. The van der Waals surface area contributed by atoms with E-state index in [4.69, 9.17) is 18.6 Å². The van der Waals surface area contributed by atoms with Gasteiger partial charge in [-0.2, -0.15) is 0 Å². The van der Waals surface area contributed by atoms with Gasteiger partial charge in [0.05, 0.1) is 27.4 Å². The van der Waals surface area contributed by atoms with Crippen molar-refractivity contribution in [2.24, 2.45) is 0 Å². The van der Waals surface area contributed by atoms with Gasteiger partial charge in [0.2, 0.25) is 5.75 Å². The van der Waals surface area contributed by atoms with Crippen LogP contribution >= 0.6 is 0 Å². The average Bonchev–Trinajstić information content (AvgIpc) is 3.09. The molecule has 0 aliphatic rings. The van der Waals surface area contributed by atoms with Crippen LogP contribution in [0.15, 0.2) is 46.9 Å². The quantitative estimate of drug-likeness (QED) is 0.694. The molecular weight excluding hydrogens is 318 g/mol. The van der Waals surface area contributed by atoms with Crippen molar-refractivity contribution in [3.63, 3.8) is 0 Å². The first kappa shape index (κ1) is 17.2. The third-order valence-corrected chi connectivity index (χ3v) is 4.26. The minimum absolute atomic E-state index is 0.0604. The van der Waals surface area contributed by atoms with Gasteiger partial charge < -0.3 is 23.9 Å². The Morgan fingerprint density at radius 1 is 0.960 bits per heavy atom. The molecule has 3 aromatic rings. The van der Waals surface area contributed by atoms with Crippen LogP contribution in [-0.2, 0) is 6.54 Å². The molecule has 1 unspecified atom stereocenters. The molecule has 0 fully saturated rings. The van der Waals surface area contributed by atoms with E-state index in [-0.39, 0.29) is 6.04 Å². The van der Waals surface area contributed by atoms with Crippen LogP contribution in [0.1, 0.15) is 24.3 Å². The number of benzene rings is 2. The molecule has 0 aliphatic carbocycles. The Morgan fingerprint density at radius 2 is 1.72 bits per heavy atom. The molecule has 1 atom stereocenters. The minimum atomic E-state index is 0.0604. The largest absolute Gasteiger partial charge is 0.493 e. The molecule has 0 saturated carbocycles. The maximum Gasteiger partial charge on any atom is 0.203 e. The Kier molecular flexibility index (Phi) is 5.14. The third kappa shape index (κ3) is 3.42. The predicted molar refractivity (Wildman–Crippen MR) is 97.6 cm³/mol. The zero-order chi connectivity index (χ0) is 17.8. The summed E-state index contributed by atoms with van der Waals surface area (Å²) in [6.45, 7) is 2.69. The highest BCUT2D eigenvalue weighted by molar-refractivity contribution is 5.77. The molecule has 25 heavy (non-hydrogen) atoms. The number of nitrogens with one attached hydrogen (secondary N) is 1. The number of hydrogen-bond acceptors (Lipinski definition) is 5. The van der Waals surface area contributed by atoms with Crippen molar-refractivity contribution in [1.29, 1.82) is 0 Å². The summed E-state index contributed by atoms with van der Waals surface area (Å²) in [6, 6.07) is 14.0. The lowest BCUT2D eigenvalue weighted by Crippen LogP contribution is -2.18. The van der Waals surface area contributed by atoms with Crippen molar-refractivity contribution in [3.05, 3.63) is 53.8 Å². The Labute approximate surface area is 147 Å². The minimum Gasteiger partial charge on any atom is -0.493 e. The van der Waals surface area contributed by atoms with Crippen LogP contribution in [0.3, 0.4) is 0 Å². The summed E-state index contributed by atoms with van der Waals surface area (Å²) in [5.74, 6) is 2.82. The maximum absolute atomic E-state index is 5.92. The second-order valence-corrected chi connectivity index (χ2v) is 5.78. The Bertz CT molecular complexity index is 823. The highest BCUT2D eigenvalue weighted by atomic mass is 16.5. The van der Waals surface area contributed by atoms with E-state index in [1.807, 2.05) is 36.4 Å². The van der Waals surface area contributed by atoms with E-state index in [0.29, 0.717) is 23.8 Å². The second-order valence-electron chi connectivity index (χ2n) is 5.78. The number of hydrogen-bond donors (Lipinski definition) is 1. The number of methoxy groups -OCH3 is 3. The maximum atomic E-state index is 5.92. The summed E-state index contributed by atoms with van der Waals surface area (Å²) in [5.41, 5.74) is 1.89. The van der Waals surface area contributed by atoms with E-state index in [2.05, 4.69) is 18.3 Å². The molecule has 0 radical (unpaired) electrons. The van der Waals surface area contributed by atoms with E-state index < -0.39 is 0 Å². The molecule has 5 nitrogen and oxygen atoms in total. The lowest BCUT2D eigenvalue weighted by molar-refractivity contribution is 0.321. The Morgan fingerprint density at radius 3 is 2.40 bits per heavy atom. The SMILES string of the molecule is COc1ccc(CNC(C)c2cc3ccccc3o2)c(OC)c1OC. The number of fused-ring (bicyclic) bond motifs is 1. The van der Waals surface area contributed by atoms with Gasteiger partial charge in [0.1, 0.15) is 11.3 Å². The lowest BCUT2D eigenvalue weighted by atomic mass is 10.1. The smallest absolute Gasteiger partial charge is 0.203 e. The fourth-order valence-electron chi connectivity index (χ4n) is 2.88. The molecule has 0 amide bonds. The molecule has 0 bridgehead atoms. The number of para-hydroxylation sites is 1. The molecule has 0 aliphatic heterocycles. The number of rotatable bonds is 7. The van der Waals surface area contributed by atoms with Crippen LogP contribution in [0, 0.1) is 0 Å². The highest BCUT2D eigenvalue weighted by Crippen LogP contribution is 2.39. The van der Waals surface area contributed by atoms with Gasteiger partial charge in [0.25, 0.3) is 0 Å². The van der Waals surface area contributed by atoms with Gasteiger partial charge in [-0.05, 0) is 25.1 Å². The Balaban J connectivity index is 1.78. The lowest BCUT2D eigenvalue weighted by Gasteiger charge is -2.17. The molecule has 0 saturated heterocycles. The van der Waals surface area contributed by atoms with Crippen LogP contribution in [-0.4, -0.2) is 21.3 Å². The van der Waals surface area contributed by atoms with Crippen molar-refractivity contribution >= 4 is 11.0 Å². The van der Waals surface area contributed by atoms with Crippen LogP contribution in [0.25, 0.3) is 11.0 Å². The van der Waals surface area contributed by atoms with Crippen LogP contribution < -0.4 is 19.5 Å². The van der Waals surface area contributed by atoms with E-state index in [1.54, 1.807) is 21.3 Å². The molecule has 3 rings (SSSR count). The zero-order valence-corrected chi connectivity index (χ0v) is 15.0. The summed E-state index contributed by atoms with van der Waals surface area (Å²) >= 11 is 0. The van der Waals surface area contributed by atoms with E-state index >= 15 is 0 Å². The molecule has 1 aromatic heterocycles. The van der Waals surface area contributed by atoms with Gasteiger partial charge in [-0.15, -0.1) is 0 Å². The second kappa shape index (κ2) is 7.49. The predicted octanol–water partition coefficient (Wildman–Crippen LogP) is 4.31. The van der Waals surface area contributed by atoms with Gasteiger partial charge in [0, 0.05) is 17.5 Å². The normalized spacial score (nSPS) is 12.2. The van der Waals surface area contributed by atoms with Crippen LogP contribution in [0.4, 0.5) is 0 Å². The standard InChI is InChI=1S/C20H23NO4/c1-13(18-11-14-7-5-6-8-16(14)25-18)21-12-15-9-10-17(22-2)20(24-4)19(15)23-3/h5-11,13,21H,12H2,1-4H3. The van der Waals surface area contributed by atoms with E-state index in [9.17, 15) is 0 Å². The van der Waals surface area contributed by atoms with Gasteiger partial charge in [-0.1, -0.05) is 24.3 Å². The van der Waals surface area contributed by atoms with Gasteiger partial charge >= 0.3 is 0 Å². The first-order valence-electron chi connectivity index (χ1n) is 8.17. The first-order chi connectivity index (χ1) is 12.2. The van der Waals surface area contributed by atoms with Crippen molar-refractivity contribution < 1.29 is 18.6 Å². The summed E-state index contributed by atoms with van der Waals surface area (Å²) in [4.78, 5) is 0. The zero-order valence-electron chi connectivity index (χ0n) is 15.0. The molecular formula is C20H23NO4. The number of ether oxygens (including phenoxy) is 3. The number of furan rings is 1. The molecule has 132 valence electrons. The molecule has 0 spiro atoms. The molecule has 5 heteroatoms. The fraction of sp³-hybridized carbons (Fsp3) is 0.300. The summed E-state index contributed by atoms with van der Waals surface area (Å²) in [7, 11) is 4.84. The van der Waals surface area contributed by atoms with Crippen LogP contribution in [0.2, 0.25) is 0 Å². The van der Waals surface area contributed by atoms with Crippen molar-refractivity contribution in [1.82, 2.24) is 5.32 Å². The average molecular weight is 341 g/mol. The molecule has 1 heterocycles. The topological polar surface area (TPSA) is 52.9 Å². The Hall–Kier alpha value is -2.66. The first-order valence-corrected chi connectivity index (χ1v) is 8.17. The summed E-state index contributed by atoms with van der Waals surface area (Å²) < 4.78 is 22.2. The fourth-order valence-corrected chi connectivity index (χ4v) is 2.88. The van der Waals surface area contributed by atoms with Gasteiger partial charge in [-0.3, -0.25) is 0 Å². The summed E-state index contributed by atoms with van der Waals surface area (Å²) in [6.07, 6.45) is 0. The van der Waals surface area contributed by atoms with Crippen molar-refractivity contribution in [2.45, 2.75) is 19.5 Å². The van der Waals surface area contributed by atoms with Crippen molar-refractivity contribution in [3.8, 4) is 17.2 Å². The van der Waals surface area contributed by atoms with E-state index in [1.165, 1.54) is 0 Å².